The minimum atomic E-state index is -1.34. The number of aliphatic hydroxyl groups excluding tert-OH is 1. The van der Waals surface area contributed by atoms with Crippen LogP contribution in [0.2, 0.25) is 0 Å². The molecule has 4 heteroatoms. The first-order valence-electron chi connectivity index (χ1n) is 3.65. The highest BCUT2D eigenvalue weighted by molar-refractivity contribution is 4.68. The van der Waals surface area contributed by atoms with Crippen LogP contribution in [0.3, 0.4) is 0 Å². The van der Waals surface area contributed by atoms with E-state index >= 15 is 0 Å². The van der Waals surface area contributed by atoms with Crippen molar-refractivity contribution in [1.29, 1.82) is 0 Å². The van der Waals surface area contributed by atoms with E-state index in [9.17, 15) is 0 Å². The summed E-state index contributed by atoms with van der Waals surface area (Å²) in [6.07, 6.45) is -1.34. The molecule has 11 heavy (non-hydrogen) atoms. The van der Waals surface area contributed by atoms with E-state index in [0.717, 1.165) is 0 Å². The van der Waals surface area contributed by atoms with Gasteiger partial charge < -0.3 is 19.7 Å². The van der Waals surface area contributed by atoms with Crippen molar-refractivity contribution in [2.24, 2.45) is 5.92 Å². The molecule has 1 rings (SSSR count). The van der Waals surface area contributed by atoms with Crippen LogP contribution in [0.5, 0.6) is 0 Å². The molecule has 1 saturated heterocycles. The van der Waals surface area contributed by atoms with Gasteiger partial charge in [0.15, 0.2) is 12.1 Å². The molecule has 0 amide bonds. The number of ether oxygens (including phenoxy) is 2. The standard InChI is InChI=1S/C7H14O4/c1-7(2)10-3-5(4-11-7)6(8)9/h5-6,8-9H,3-4H2,1-2H3. The Morgan fingerprint density at radius 1 is 1.27 bits per heavy atom. The Bertz CT molecular complexity index is 122. The molecule has 66 valence electrons. The van der Waals surface area contributed by atoms with Crippen molar-refractivity contribution < 1.29 is 19.7 Å². The van der Waals surface area contributed by atoms with Crippen molar-refractivity contribution in [3.05, 3.63) is 0 Å². The van der Waals surface area contributed by atoms with Crippen molar-refractivity contribution in [3.8, 4) is 0 Å². The molecule has 0 atom stereocenters. The summed E-state index contributed by atoms with van der Waals surface area (Å²) < 4.78 is 10.4. The van der Waals surface area contributed by atoms with Crippen molar-refractivity contribution >= 4 is 0 Å². The van der Waals surface area contributed by atoms with Gasteiger partial charge in [-0.25, -0.2) is 0 Å². The zero-order valence-electron chi connectivity index (χ0n) is 6.78. The lowest BCUT2D eigenvalue weighted by atomic mass is 10.1. The molecule has 1 fully saturated rings. The third-order valence-corrected chi connectivity index (χ3v) is 1.71. The molecule has 1 heterocycles. The van der Waals surface area contributed by atoms with Crippen LogP contribution in [-0.4, -0.2) is 35.5 Å². The van der Waals surface area contributed by atoms with Gasteiger partial charge >= 0.3 is 0 Å². The maximum atomic E-state index is 8.74. The lowest BCUT2D eigenvalue weighted by Gasteiger charge is -2.35. The molecule has 2 N–H and O–H groups in total. The molecule has 0 aromatic heterocycles. The van der Waals surface area contributed by atoms with Crippen LogP contribution in [0.4, 0.5) is 0 Å². The Labute approximate surface area is 65.7 Å². The van der Waals surface area contributed by atoms with Crippen LogP contribution in [-0.2, 0) is 9.47 Å². The summed E-state index contributed by atoms with van der Waals surface area (Å²) in [4.78, 5) is 0. The van der Waals surface area contributed by atoms with Gasteiger partial charge in [0.1, 0.15) is 0 Å². The monoisotopic (exact) mass is 162 g/mol. The van der Waals surface area contributed by atoms with Crippen LogP contribution < -0.4 is 0 Å². The van der Waals surface area contributed by atoms with Gasteiger partial charge in [0.2, 0.25) is 0 Å². The van der Waals surface area contributed by atoms with Crippen LogP contribution >= 0.6 is 0 Å². The predicted octanol–water partition coefficient (Wildman–Crippen LogP) is -0.304. The molecule has 0 aromatic rings. The van der Waals surface area contributed by atoms with Gasteiger partial charge in [0, 0.05) is 0 Å². The molecule has 4 nitrogen and oxygen atoms in total. The first-order valence-corrected chi connectivity index (χ1v) is 3.65. The molecule has 0 saturated carbocycles. The van der Waals surface area contributed by atoms with Gasteiger partial charge in [-0.2, -0.15) is 0 Å². The molecule has 0 radical (unpaired) electrons. The minimum Gasteiger partial charge on any atom is -0.368 e. The third kappa shape index (κ3) is 2.41. The van der Waals surface area contributed by atoms with Crippen LogP contribution in [0.25, 0.3) is 0 Å². The highest BCUT2D eigenvalue weighted by atomic mass is 16.7. The minimum absolute atomic E-state index is 0.317. The molecular weight excluding hydrogens is 148 g/mol. The summed E-state index contributed by atoms with van der Waals surface area (Å²) in [5, 5.41) is 17.5. The second-order valence-corrected chi connectivity index (χ2v) is 3.20. The summed E-state index contributed by atoms with van der Waals surface area (Å²) in [6.45, 7) is 4.27. The van der Waals surface area contributed by atoms with Gasteiger partial charge in [0.25, 0.3) is 0 Å². The maximum Gasteiger partial charge on any atom is 0.162 e. The van der Waals surface area contributed by atoms with Crippen molar-refractivity contribution in [2.75, 3.05) is 13.2 Å². The second kappa shape index (κ2) is 3.06. The maximum absolute atomic E-state index is 8.74. The second-order valence-electron chi connectivity index (χ2n) is 3.20. The number of rotatable bonds is 1. The Morgan fingerprint density at radius 2 is 1.73 bits per heavy atom. The fraction of sp³-hybridized carbons (Fsp3) is 1.00. The normalized spacial score (nSPS) is 25.9. The lowest BCUT2D eigenvalue weighted by Crippen LogP contribution is -2.43. The number of hydrogen-bond acceptors (Lipinski definition) is 4. The number of aliphatic hydroxyl groups is 2. The molecule has 0 aliphatic carbocycles. The van der Waals surface area contributed by atoms with Gasteiger partial charge in [0.05, 0.1) is 19.1 Å². The van der Waals surface area contributed by atoms with Gasteiger partial charge in [-0.05, 0) is 13.8 Å². The van der Waals surface area contributed by atoms with Crippen molar-refractivity contribution in [1.82, 2.24) is 0 Å². The topological polar surface area (TPSA) is 58.9 Å². The van der Waals surface area contributed by atoms with Gasteiger partial charge in [-0.15, -0.1) is 0 Å². The summed E-state index contributed by atoms with van der Waals surface area (Å²) in [5.41, 5.74) is 0. The Hall–Kier alpha value is -0.160. The SMILES string of the molecule is CC1(C)OCC(C(O)O)CO1. The quantitative estimate of drug-likeness (QED) is 0.519. The summed E-state index contributed by atoms with van der Waals surface area (Å²) in [5.74, 6) is -0.895. The van der Waals surface area contributed by atoms with Crippen molar-refractivity contribution in [3.63, 3.8) is 0 Å². The zero-order chi connectivity index (χ0) is 8.48. The predicted molar refractivity (Wildman–Crippen MR) is 37.7 cm³/mol. The summed E-state index contributed by atoms with van der Waals surface area (Å²) in [7, 11) is 0. The van der Waals surface area contributed by atoms with E-state index in [2.05, 4.69) is 0 Å². The van der Waals surface area contributed by atoms with Crippen LogP contribution in [0.15, 0.2) is 0 Å². The Morgan fingerprint density at radius 3 is 2.09 bits per heavy atom. The highest BCUT2D eigenvalue weighted by Gasteiger charge is 2.31. The molecule has 0 unspecified atom stereocenters. The smallest absolute Gasteiger partial charge is 0.162 e. The fourth-order valence-electron chi connectivity index (χ4n) is 0.877. The van der Waals surface area contributed by atoms with E-state index in [-0.39, 0.29) is 5.92 Å². The average molecular weight is 162 g/mol. The highest BCUT2D eigenvalue weighted by Crippen LogP contribution is 2.21. The molecule has 1 aliphatic heterocycles. The largest absolute Gasteiger partial charge is 0.368 e. The van der Waals surface area contributed by atoms with Crippen LogP contribution in [0.1, 0.15) is 13.8 Å². The average Bonchev–Trinajstić information content (AvgIpc) is 1.86. The van der Waals surface area contributed by atoms with E-state index in [1.165, 1.54) is 0 Å². The number of hydrogen-bond donors (Lipinski definition) is 2. The Kier molecular flexibility index (Phi) is 2.49. The molecule has 1 aliphatic rings. The van der Waals surface area contributed by atoms with Crippen molar-refractivity contribution in [2.45, 2.75) is 25.9 Å². The fourth-order valence-corrected chi connectivity index (χ4v) is 0.877. The summed E-state index contributed by atoms with van der Waals surface area (Å²) in [6, 6.07) is 0. The molecule has 0 aromatic carbocycles. The summed E-state index contributed by atoms with van der Waals surface area (Å²) >= 11 is 0. The van der Waals surface area contributed by atoms with E-state index < -0.39 is 12.1 Å². The Balaban J connectivity index is 2.36. The zero-order valence-corrected chi connectivity index (χ0v) is 6.78. The molecule has 0 bridgehead atoms. The van der Waals surface area contributed by atoms with E-state index in [1.807, 2.05) is 0 Å². The molecule has 0 spiro atoms. The van der Waals surface area contributed by atoms with Gasteiger partial charge in [-0.3, -0.25) is 0 Å². The van der Waals surface area contributed by atoms with E-state index in [4.69, 9.17) is 19.7 Å². The van der Waals surface area contributed by atoms with Gasteiger partial charge in [-0.1, -0.05) is 0 Å². The molecular formula is C7H14O4. The first-order chi connectivity index (χ1) is 5.01. The van der Waals surface area contributed by atoms with E-state index in [0.29, 0.717) is 13.2 Å². The lowest BCUT2D eigenvalue weighted by molar-refractivity contribution is -0.286. The third-order valence-electron chi connectivity index (χ3n) is 1.71. The first kappa shape index (κ1) is 8.93. The van der Waals surface area contributed by atoms with Crippen LogP contribution in [0, 0.1) is 5.92 Å². The van der Waals surface area contributed by atoms with E-state index in [1.54, 1.807) is 13.8 Å².